The Labute approximate surface area is 235 Å². The molecule has 1 unspecified atom stereocenters. The highest BCUT2D eigenvalue weighted by Gasteiger charge is 2.30. The predicted octanol–water partition coefficient (Wildman–Crippen LogP) is 9.37. The van der Waals surface area contributed by atoms with Crippen molar-refractivity contribution in [2.24, 2.45) is 5.92 Å². The number of aromatic nitrogens is 1. The molecular weight excluding hydrogens is 474 g/mol. The second-order valence-electron chi connectivity index (χ2n) is 11.8. The number of hydrogen-bond donors (Lipinski definition) is 1. The molecule has 0 radical (unpaired) electrons. The Morgan fingerprint density at radius 3 is 2.54 bits per heavy atom. The number of nitrogens with zero attached hydrogens (tertiary/aromatic N) is 2. The van der Waals surface area contributed by atoms with E-state index in [4.69, 9.17) is 4.98 Å². The van der Waals surface area contributed by atoms with Gasteiger partial charge in [0.2, 0.25) is 0 Å². The average molecular weight is 518 g/mol. The van der Waals surface area contributed by atoms with Gasteiger partial charge in [0.1, 0.15) is 5.82 Å². The van der Waals surface area contributed by atoms with Gasteiger partial charge in [0.15, 0.2) is 0 Å². The van der Waals surface area contributed by atoms with Crippen molar-refractivity contribution in [3.05, 3.63) is 101 Å². The monoisotopic (exact) mass is 517 g/mol. The van der Waals surface area contributed by atoms with E-state index in [9.17, 15) is 0 Å². The van der Waals surface area contributed by atoms with Crippen LogP contribution in [0.4, 0.5) is 17.2 Å². The summed E-state index contributed by atoms with van der Waals surface area (Å²) in [4.78, 5) is 7.42. The van der Waals surface area contributed by atoms with Gasteiger partial charge in [-0.25, -0.2) is 4.98 Å². The SMILES string of the molecule is CCCCCC1CCN(c2ccc(Nc3cc4c(cn3)CC(c3ccccc3C)C3=CCCC=C34)cc2)CC1. The van der Waals surface area contributed by atoms with Crippen molar-refractivity contribution >= 4 is 22.8 Å². The van der Waals surface area contributed by atoms with E-state index in [2.05, 4.69) is 97.0 Å². The van der Waals surface area contributed by atoms with Crippen LogP contribution in [0.2, 0.25) is 0 Å². The van der Waals surface area contributed by atoms with Gasteiger partial charge in [-0.05, 0) is 109 Å². The Balaban J connectivity index is 1.14. The maximum Gasteiger partial charge on any atom is 0.130 e. The van der Waals surface area contributed by atoms with Crippen LogP contribution in [-0.2, 0) is 6.42 Å². The molecule has 0 amide bonds. The summed E-state index contributed by atoms with van der Waals surface area (Å²) in [5.74, 6) is 2.26. The first-order valence-electron chi connectivity index (χ1n) is 15.3. The van der Waals surface area contributed by atoms with E-state index in [0.29, 0.717) is 5.92 Å². The fraction of sp³-hybridized carbons (Fsp3) is 0.417. The Morgan fingerprint density at radius 1 is 0.949 bits per heavy atom. The number of aryl methyl sites for hydroxylation is 1. The summed E-state index contributed by atoms with van der Waals surface area (Å²) in [5, 5.41) is 3.59. The quantitative estimate of drug-likeness (QED) is 0.302. The van der Waals surface area contributed by atoms with Crippen LogP contribution in [-0.4, -0.2) is 18.1 Å². The minimum absolute atomic E-state index is 0.416. The Bertz CT molecular complexity index is 1340. The standard InChI is InChI=1S/C36H43N3/c1-3-4-5-11-27-19-21-39(22-20-27)30-17-15-29(16-18-30)38-36-24-34-28(25-37-36)23-35(31-12-7-6-10-26(31)2)33-14-9-8-13-32(33)34/h6-7,10,12-18,24-25,27,35H,3-5,8-9,11,19-23H2,1-2H3,(H,37,38). The predicted molar refractivity (Wildman–Crippen MR) is 166 cm³/mol. The van der Waals surface area contributed by atoms with Crippen LogP contribution in [0.5, 0.6) is 0 Å². The molecule has 2 heterocycles. The molecule has 3 aliphatic rings. The van der Waals surface area contributed by atoms with Gasteiger partial charge in [-0.3, -0.25) is 0 Å². The molecular formula is C36H43N3. The summed E-state index contributed by atoms with van der Waals surface area (Å²) < 4.78 is 0. The number of anilines is 3. The van der Waals surface area contributed by atoms with Crippen molar-refractivity contribution in [3.63, 3.8) is 0 Å². The summed E-state index contributed by atoms with van der Waals surface area (Å²) in [6.45, 7) is 6.91. The molecule has 1 aromatic heterocycles. The summed E-state index contributed by atoms with van der Waals surface area (Å²) in [5.41, 5.74) is 10.9. The number of rotatable bonds is 8. The van der Waals surface area contributed by atoms with E-state index in [-0.39, 0.29) is 0 Å². The second-order valence-corrected chi connectivity index (χ2v) is 11.8. The molecule has 6 rings (SSSR count). The third-order valence-corrected chi connectivity index (χ3v) is 9.17. The number of nitrogens with one attached hydrogen (secondary N) is 1. The highest BCUT2D eigenvalue weighted by molar-refractivity contribution is 5.86. The summed E-state index contributed by atoms with van der Waals surface area (Å²) in [7, 11) is 0. The fourth-order valence-electron chi connectivity index (χ4n) is 6.91. The minimum Gasteiger partial charge on any atom is -0.372 e. The van der Waals surface area contributed by atoms with Crippen molar-refractivity contribution in [3.8, 4) is 0 Å². The van der Waals surface area contributed by atoms with Gasteiger partial charge in [-0.1, -0.05) is 69.0 Å². The average Bonchev–Trinajstić information content (AvgIpc) is 2.98. The first-order valence-corrected chi connectivity index (χ1v) is 15.3. The molecule has 1 saturated heterocycles. The molecule has 3 heteroatoms. The molecule has 1 fully saturated rings. The zero-order chi connectivity index (χ0) is 26.6. The summed E-state index contributed by atoms with van der Waals surface area (Å²) >= 11 is 0. The third kappa shape index (κ3) is 5.69. The molecule has 2 aliphatic carbocycles. The Hall–Kier alpha value is -3.33. The van der Waals surface area contributed by atoms with E-state index >= 15 is 0 Å². The zero-order valence-electron chi connectivity index (χ0n) is 23.8. The minimum atomic E-state index is 0.416. The van der Waals surface area contributed by atoms with Crippen molar-refractivity contribution in [2.75, 3.05) is 23.3 Å². The lowest BCUT2D eigenvalue weighted by atomic mass is 9.71. The van der Waals surface area contributed by atoms with Crippen LogP contribution in [0.15, 0.2) is 78.5 Å². The zero-order valence-corrected chi connectivity index (χ0v) is 23.8. The normalized spacial score (nSPS) is 19.1. The maximum absolute atomic E-state index is 4.86. The van der Waals surface area contributed by atoms with Crippen LogP contribution in [0, 0.1) is 12.8 Å². The Morgan fingerprint density at radius 2 is 1.74 bits per heavy atom. The third-order valence-electron chi connectivity index (χ3n) is 9.17. The molecule has 39 heavy (non-hydrogen) atoms. The molecule has 0 saturated carbocycles. The molecule has 3 aromatic rings. The second kappa shape index (κ2) is 11.8. The van der Waals surface area contributed by atoms with Crippen LogP contribution in [0.3, 0.4) is 0 Å². The number of allylic oxidation sites excluding steroid dienone is 4. The molecule has 1 N–H and O–H groups in total. The van der Waals surface area contributed by atoms with Crippen LogP contribution in [0.25, 0.3) is 5.57 Å². The molecule has 0 spiro atoms. The van der Waals surface area contributed by atoms with Crippen molar-refractivity contribution in [1.82, 2.24) is 4.98 Å². The van der Waals surface area contributed by atoms with E-state index in [1.165, 1.54) is 90.7 Å². The highest BCUT2D eigenvalue weighted by atomic mass is 15.1. The first kappa shape index (κ1) is 25.9. The largest absolute Gasteiger partial charge is 0.372 e. The lowest BCUT2D eigenvalue weighted by Crippen LogP contribution is -2.33. The van der Waals surface area contributed by atoms with Crippen LogP contribution < -0.4 is 10.2 Å². The molecule has 1 aliphatic heterocycles. The smallest absolute Gasteiger partial charge is 0.130 e. The van der Waals surface area contributed by atoms with Gasteiger partial charge >= 0.3 is 0 Å². The molecule has 2 aromatic carbocycles. The van der Waals surface area contributed by atoms with Gasteiger partial charge in [-0.2, -0.15) is 0 Å². The van der Waals surface area contributed by atoms with E-state index in [0.717, 1.165) is 36.7 Å². The molecule has 0 bridgehead atoms. The number of piperidine rings is 1. The molecule has 1 atom stereocenters. The summed E-state index contributed by atoms with van der Waals surface area (Å²) in [6, 6.07) is 20.1. The number of pyridine rings is 1. The Kier molecular flexibility index (Phi) is 7.85. The van der Waals surface area contributed by atoms with Crippen molar-refractivity contribution < 1.29 is 0 Å². The van der Waals surface area contributed by atoms with E-state index < -0.39 is 0 Å². The number of benzene rings is 2. The number of fused-ring (bicyclic) bond motifs is 3. The van der Waals surface area contributed by atoms with E-state index in [1.807, 2.05) is 0 Å². The van der Waals surface area contributed by atoms with E-state index in [1.54, 1.807) is 0 Å². The van der Waals surface area contributed by atoms with Gasteiger partial charge in [0.25, 0.3) is 0 Å². The van der Waals surface area contributed by atoms with Gasteiger partial charge in [0.05, 0.1) is 0 Å². The maximum atomic E-state index is 4.86. The van der Waals surface area contributed by atoms with Gasteiger partial charge < -0.3 is 10.2 Å². The van der Waals surface area contributed by atoms with Crippen LogP contribution in [0.1, 0.15) is 86.5 Å². The fourth-order valence-corrected chi connectivity index (χ4v) is 6.91. The van der Waals surface area contributed by atoms with Crippen LogP contribution >= 0.6 is 0 Å². The topological polar surface area (TPSA) is 28.2 Å². The van der Waals surface area contributed by atoms with Gasteiger partial charge in [0, 0.05) is 36.6 Å². The number of hydrogen-bond acceptors (Lipinski definition) is 3. The first-order chi connectivity index (χ1) is 19.2. The summed E-state index contributed by atoms with van der Waals surface area (Å²) in [6.07, 6.45) is 18.5. The van der Waals surface area contributed by atoms with Crippen molar-refractivity contribution in [1.29, 1.82) is 0 Å². The lowest BCUT2D eigenvalue weighted by Gasteiger charge is -2.34. The highest BCUT2D eigenvalue weighted by Crippen LogP contribution is 2.46. The van der Waals surface area contributed by atoms with Crippen molar-refractivity contribution in [2.45, 2.75) is 77.6 Å². The number of unbranched alkanes of at least 4 members (excludes halogenated alkanes) is 2. The molecule has 3 nitrogen and oxygen atoms in total. The lowest BCUT2D eigenvalue weighted by molar-refractivity contribution is 0.368. The van der Waals surface area contributed by atoms with Gasteiger partial charge in [-0.15, -0.1) is 0 Å². The molecule has 202 valence electrons.